The van der Waals surface area contributed by atoms with E-state index < -0.39 is 0 Å². The maximum absolute atomic E-state index is 12.2. The fourth-order valence-corrected chi connectivity index (χ4v) is 2.51. The molecule has 0 spiro atoms. The topological polar surface area (TPSA) is 79.8 Å². The third-order valence-corrected chi connectivity index (χ3v) is 3.48. The second kappa shape index (κ2) is 6.17. The van der Waals surface area contributed by atoms with Gasteiger partial charge in [0.15, 0.2) is 5.13 Å². The molecule has 2 heterocycles. The Hall–Kier alpha value is -2.02. The molecule has 6 nitrogen and oxygen atoms in total. The number of carbonyl (C=O) groups excluding carboxylic acids is 1. The summed E-state index contributed by atoms with van der Waals surface area (Å²) in [6.45, 7) is 8.93. The van der Waals surface area contributed by atoms with Crippen LogP contribution >= 0.6 is 11.3 Å². The number of rotatable bonds is 4. The van der Waals surface area contributed by atoms with Gasteiger partial charge in [-0.25, -0.2) is 9.97 Å². The van der Waals surface area contributed by atoms with Crippen LogP contribution in [0.1, 0.15) is 43.9 Å². The second-order valence-electron chi connectivity index (χ2n) is 5.56. The van der Waals surface area contributed by atoms with Gasteiger partial charge in [0.1, 0.15) is 11.5 Å². The lowest BCUT2D eigenvalue weighted by Crippen LogP contribution is -2.16. The lowest BCUT2D eigenvalue weighted by Gasteiger charge is -2.14. The van der Waals surface area contributed by atoms with Crippen molar-refractivity contribution in [3.05, 3.63) is 29.2 Å². The van der Waals surface area contributed by atoms with E-state index in [2.05, 4.69) is 46.4 Å². The summed E-state index contributed by atoms with van der Waals surface area (Å²) in [4.78, 5) is 24.8. The predicted molar refractivity (Wildman–Crippen MR) is 85.0 cm³/mol. The van der Waals surface area contributed by atoms with E-state index in [1.54, 1.807) is 6.20 Å². The fraction of sp³-hybridized carbons (Fsp3) is 0.429. The summed E-state index contributed by atoms with van der Waals surface area (Å²) in [5.74, 6) is 0.275. The predicted octanol–water partition coefficient (Wildman–Crippen LogP) is 2.91. The van der Waals surface area contributed by atoms with Gasteiger partial charge in [0.25, 0.3) is 5.91 Å². The van der Waals surface area contributed by atoms with Crippen molar-refractivity contribution in [1.29, 1.82) is 0 Å². The van der Waals surface area contributed by atoms with E-state index >= 15 is 0 Å². The van der Waals surface area contributed by atoms with Crippen LogP contribution in [0, 0.1) is 0 Å². The quantitative estimate of drug-likeness (QED) is 0.908. The molecule has 112 valence electrons. The average Bonchev–Trinajstić information content (AvgIpc) is 2.88. The van der Waals surface area contributed by atoms with Crippen LogP contribution in [0.4, 0.5) is 10.9 Å². The highest BCUT2D eigenvalue weighted by Crippen LogP contribution is 2.26. The lowest BCUT2D eigenvalue weighted by molar-refractivity contribution is 0.102. The number of hydrogen-bond acceptors (Lipinski definition) is 6. The van der Waals surface area contributed by atoms with E-state index in [0.29, 0.717) is 10.9 Å². The summed E-state index contributed by atoms with van der Waals surface area (Å²) in [5.41, 5.74) is 1.18. The van der Waals surface area contributed by atoms with Crippen LogP contribution < -0.4 is 10.6 Å². The van der Waals surface area contributed by atoms with E-state index in [0.717, 1.165) is 12.2 Å². The van der Waals surface area contributed by atoms with Gasteiger partial charge in [-0.05, 0) is 6.92 Å². The number of nitrogens with zero attached hydrogens (tertiary/aromatic N) is 3. The van der Waals surface area contributed by atoms with Gasteiger partial charge in [0.05, 0.1) is 18.1 Å². The van der Waals surface area contributed by atoms with Crippen LogP contribution in [0.25, 0.3) is 0 Å². The molecule has 0 aliphatic carbocycles. The first kappa shape index (κ1) is 15.4. The molecule has 0 aromatic carbocycles. The van der Waals surface area contributed by atoms with Crippen molar-refractivity contribution < 1.29 is 4.79 Å². The highest BCUT2D eigenvalue weighted by molar-refractivity contribution is 7.14. The third-order valence-electron chi connectivity index (χ3n) is 2.72. The molecule has 7 heteroatoms. The highest BCUT2D eigenvalue weighted by atomic mass is 32.1. The monoisotopic (exact) mass is 305 g/mol. The lowest BCUT2D eigenvalue weighted by atomic mass is 9.93. The normalized spacial score (nSPS) is 11.2. The summed E-state index contributed by atoms with van der Waals surface area (Å²) in [6.07, 6.45) is 3.02. The zero-order valence-corrected chi connectivity index (χ0v) is 13.4. The van der Waals surface area contributed by atoms with Gasteiger partial charge < -0.3 is 5.32 Å². The maximum atomic E-state index is 12.2. The summed E-state index contributed by atoms with van der Waals surface area (Å²) in [7, 11) is 0. The molecule has 21 heavy (non-hydrogen) atoms. The Kier molecular flexibility index (Phi) is 4.52. The van der Waals surface area contributed by atoms with Crippen LogP contribution in [0.3, 0.4) is 0 Å². The van der Waals surface area contributed by atoms with Crippen molar-refractivity contribution in [3.8, 4) is 0 Å². The standard InChI is InChI=1S/C14H19N5OS/c1-5-16-11-7-15-6-9(17-11)12(20)19-13-18-10(8-21-13)14(2,3)4/h6-8H,5H2,1-4H3,(H,16,17)(H,18,19,20). The minimum atomic E-state index is -0.308. The van der Waals surface area contributed by atoms with Gasteiger partial charge in [0.2, 0.25) is 0 Å². The molecule has 1 amide bonds. The first-order valence-electron chi connectivity index (χ1n) is 6.73. The van der Waals surface area contributed by atoms with Crippen LogP contribution in [0.15, 0.2) is 17.8 Å². The number of aromatic nitrogens is 3. The van der Waals surface area contributed by atoms with Crippen molar-refractivity contribution in [2.24, 2.45) is 0 Å². The summed E-state index contributed by atoms with van der Waals surface area (Å²) < 4.78 is 0. The van der Waals surface area contributed by atoms with Crippen molar-refractivity contribution in [1.82, 2.24) is 15.0 Å². The summed E-state index contributed by atoms with van der Waals surface area (Å²) in [5, 5.41) is 8.31. The molecule has 0 radical (unpaired) electrons. The Balaban J connectivity index is 2.11. The number of carbonyl (C=O) groups is 1. The van der Waals surface area contributed by atoms with Crippen molar-refractivity contribution in [2.75, 3.05) is 17.2 Å². The summed E-state index contributed by atoms with van der Waals surface area (Å²) in [6, 6.07) is 0. The molecule has 0 aliphatic heterocycles. The SMILES string of the molecule is CCNc1cncc(C(=O)Nc2nc(C(C)(C)C)cs2)n1. The molecule has 2 rings (SSSR count). The number of nitrogens with one attached hydrogen (secondary N) is 2. The Bertz CT molecular complexity index is 632. The molecule has 2 aromatic heterocycles. The van der Waals surface area contributed by atoms with Gasteiger partial charge in [-0.1, -0.05) is 20.8 Å². The van der Waals surface area contributed by atoms with Crippen LogP contribution in [0.5, 0.6) is 0 Å². The van der Waals surface area contributed by atoms with Crippen LogP contribution in [-0.2, 0) is 5.41 Å². The van der Waals surface area contributed by atoms with Crippen LogP contribution in [-0.4, -0.2) is 27.4 Å². The first-order valence-corrected chi connectivity index (χ1v) is 7.61. The zero-order chi connectivity index (χ0) is 15.5. The average molecular weight is 305 g/mol. The largest absolute Gasteiger partial charge is 0.369 e. The van der Waals surface area contributed by atoms with Gasteiger partial charge in [0, 0.05) is 17.3 Å². The fourth-order valence-electron chi connectivity index (χ4n) is 1.58. The molecule has 0 fully saturated rings. The molecule has 0 aliphatic rings. The number of hydrogen-bond donors (Lipinski definition) is 2. The van der Waals surface area contributed by atoms with E-state index in [1.165, 1.54) is 17.5 Å². The van der Waals surface area contributed by atoms with Crippen molar-refractivity contribution in [2.45, 2.75) is 33.1 Å². The molecular weight excluding hydrogens is 286 g/mol. The third kappa shape index (κ3) is 3.98. The Morgan fingerprint density at radius 2 is 2.05 bits per heavy atom. The van der Waals surface area contributed by atoms with E-state index in [1.807, 2.05) is 12.3 Å². The number of amides is 1. The molecule has 0 bridgehead atoms. The zero-order valence-electron chi connectivity index (χ0n) is 12.6. The molecule has 0 saturated heterocycles. The van der Waals surface area contributed by atoms with Crippen molar-refractivity contribution >= 4 is 28.2 Å². The molecule has 2 N–H and O–H groups in total. The van der Waals surface area contributed by atoms with Gasteiger partial charge in [-0.3, -0.25) is 15.1 Å². The minimum absolute atomic E-state index is 0.0375. The van der Waals surface area contributed by atoms with E-state index in [9.17, 15) is 4.79 Å². The minimum Gasteiger partial charge on any atom is -0.369 e. The Labute approximate surface area is 128 Å². The molecule has 0 unspecified atom stereocenters. The molecule has 0 atom stereocenters. The summed E-state index contributed by atoms with van der Waals surface area (Å²) >= 11 is 1.41. The molecular formula is C14H19N5OS. The van der Waals surface area contributed by atoms with Crippen molar-refractivity contribution in [3.63, 3.8) is 0 Å². The van der Waals surface area contributed by atoms with E-state index in [-0.39, 0.29) is 17.0 Å². The molecule has 0 saturated carbocycles. The first-order chi connectivity index (χ1) is 9.90. The van der Waals surface area contributed by atoms with Gasteiger partial charge in [-0.15, -0.1) is 11.3 Å². The van der Waals surface area contributed by atoms with Gasteiger partial charge >= 0.3 is 0 Å². The Morgan fingerprint density at radius 3 is 2.67 bits per heavy atom. The van der Waals surface area contributed by atoms with E-state index in [4.69, 9.17) is 0 Å². The maximum Gasteiger partial charge on any atom is 0.277 e. The second-order valence-corrected chi connectivity index (χ2v) is 6.42. The van der Waals surface area contributed by atoms with Gasteiger partial charge in [-0.2, -0.15) is 0 Å². The smallest absolute Gasteiger partial charge is 0.277 e. The highest BCUT2D eigenvalue weighted by Gasteiger charge is 2.18. The molecule has 2 aromatic rings. The Morgan fingerprint density at radius 1 is 1.29 bits per heavy atom. The number of thiazole rings is 1. The van der Waals surface area contributed by atoms with Crippen LogP contribution in [0.2, 0.25) is 0 Å². The number of anilines is 2.